The molecule has 5 heteroatoms. The summed E-state index contributed by atoms with van der Waals surface area (Å²) in [5.41, 5.74) is 1.26. The number of hydrogen-bond acceptors (Lipinski definition) is 4. The average Bonchev–Trinajstić information content (AvgIpc) is 3.10. The first-order chi connectivity index (χ1) is 11.3. The highest BCUT2D eigenvalue weighted by Crippen LogP contribution is 2.19. The molecule has 0 aromatic heterocycles. The summed E-state index contributed by atoms with van der Waals surface area (Å²) in [5.74, 6) is -0.0128. The Morgan fingerprint density at radius 2 is 2.00 bits per heavy atom. The second kappa shape index (κ2) is 8.31. The van der Waals surface area contributed by atoms with Gasteiger partial charge in [-0.3, -0.25) is 4.79 Å². The molecule has 0 saturated carbocycles. The fraction of sp³-hybridized carbons (Fsp3) is 0.611. The molecule has 2 heterocycles. The van der Waals surface area contributed by atoms with Crippen LogP contribution in [0, 0.1) is 0 Å². The molecule has 0 spiro atoms. The van der Waals surface area contributed by atoms with Gasteiger partial charge in [-0.2, -0.15) is 0 Å². The molecule has 1 atom stereocenters. The molecule has 2 fully saturated rings. The highest BCUT2D eigenvalue weighted by Gasteiger charge is 2.21. The zero-order valence-corrected chi connectivity index (χ0v) is 13.6. The van der Waals surface area contributed by atoms with Gasteiger partial charge >= 0.3 is 0 Å². The van der Waals surface area contributed by atoms with Crippen LogP contribution in [-0.2, 0) is 14.3 Å². The van der Waals surface area contributed by atoms with Crippen LogP contribution in [0.25, 0.3) is 0 Å². The van der Waals surface area contributed by atoms with Crippen LogP contribution in [0.5, 0.6) is 0 Å². The van der Waals surface area contributed by atoms with Crippen LogP contribution in [0.3, 0.4) is 0 Å². The van der Waals surface area contributed by atoms with Crippen LogP contribution in [0.2, 0.25) is 0 Å². The van der Waals surface area contributed by atoms with E-state index in [1.807, 2.05) is 6.07 Å². The predicted octanol–water partition coefficient (Wildman–Crippen LogP) is 1.97. The zero-order valence-electron chi connectivity index (χ0n) is 13.6. The van der Waals surface area contributed by atoms with Gasteiger partial charge in [0.05, 0.1) is 12.7 Å². The number of nitrogens with zero attached hydrogens (tertiary/aromatic N) is 1. The number of para-hydroxylation sites is 1. The van der Waals surface area contributed by atoms with E-state index in [9.17, 15) is 4.79 Å². The molecule has 1 aromatic carbocycles. The Morgan fingerprint density at radius 3 is 2.70 bits per heavy atom. The van der Waals surface area contributed by atoms with Crippen molar-refractivity contribution in [2.24, 2.45) is 0 Å². The maximum atomic E-state index is 11.9. The van der Waals surface area contributed by atoms with Gasteiger partial charge in [-0.1, -0.05) is 18.2 Å². The van der Waals surface area contributed by atoms with Crippen LogP contribution < -0.4 is 10.2 Å². The lowest BCUT2D eigenvalue weighted by Gasteiger charge is -2.34. The molecule has 1 aromatic rings. The highest BCUT2D eigenvalue weighted by molar-refractivity contribution is 5.77. The number of amides is 1. The van der Waals surface area contributed by atoms with Crippen molar-refractivity contribution in [2.45, 2.75) is 37.8 Å². The minimum absolute atomic E-state index is 0.0128. The Bertz CT molecular complexity index is 480. The van der Waals surface area contributed by atoms with Crippen molar-refractivity contribution in [1.82, 2.24) is 5.32 Å². The van der Waals surface area contributed by atoms with Crippen molar-refractivity contribution in [3.63, 3.8) is 0 Å². The van der Waals surface area contributed by atoms with E-state index >= 15 is 0 Å². The Morgan fingerprint density at radius 1 is 1.22 bits per heavy atom. The number of piperidine rings is 1. The fourth-order valence-electron chi connectivity index (χ4n) is 3.25. The maximum Gasteiger partial charge on any atom is 0.246 e. The van der Waals surface area contributed by atoms with Gasteiger partial charge in [0, 0.05) is 31.4 Å². The first-order valence-electron chi connectivity index (χ1n) is 8.60. The van der Waals surface area contributed by atoms with Crippen molar-refractivity contribution in [1.29, 1.82) is 0 Å². The number of nitrogens with one attached hydrogen (secondary N) is 1. The molecule has 5 nitrogen and oxygen atoms in total. The molecule has 3 rings (SSSR count). The van der Waals surface area contributed by atoms with Crippen molar-refractivity contribution in [2.75, 3.05) is 37.8 Å². The van der Waals surface area contributed by atoms with Gasteiger partial charge in [-0.05, 0) is 37.8 Å². The van der Waals surface area contributed by atoms with Crippen molar-refractivity contribution < 1.29 is 14.3 Å². The van der Waals surface area contributed by atoms with E-state index in [-0.39, 0.29) is 24.7 Å². The lowest BCUT2D eigenvalue weighted by atomic mass is 10.0. The van der Waals surface area contributed by atoms with Gasteiger partial charge in [0.15, 0.2) is 0 Å². The van der Waals surface area contributed by atoms with Gasteiger partial charge < -0.3 is 19.7 Å². The van der Waals surface area contributed by atoms with E-state index < -0.39 is 0 Å². The van der Waals surface area contributed by atoms with Crippen LogP contribution in [0.4, 0.5) is 5.69 Å². The molecule has 1 N–H and O–H groups in total. The zero-order chi connectivity index (χ0) is 15.9. The Hall–Kier alpha value is -1.59. The fourth-order valence-corrected chi connectivity index (χ4v) is 3.25. The molecule has 2 aliphatic heterocycles. The number of hydrogen-bond donors (Lipinski definition) is 1. The molecule has 2 saturated heterocycles. The summed E-state index contributed by atoms with van der Waals surface area (Å²) < 4.78 is 10.9. The van der Waals surface area contributed by atoms with Gasteiger partial charge in [0.25, 0.3) is 0 Å². The molecule has 0 unspecified atom stereocenters. The molecular formula is C18H26N2O3. The number of carbonyl (C=O) groups is 1. The molecular weight excluding hydrogens is 292 g/mol. The molecule has 1 amide bonds. The van der Waals surface area contributed by atoms with E-state index in [1.54, 1.807) is 0 Å². The summed E-state index contributed by atoms with van der Waals surface area (Å²) in [6, 6.07) is 10.7. The Labute approximate surface area is 137 Å². The predicted molar refractivity (Wildman–Crippen MR) is 89.6 cm³/mol. The van der Waals surface area contributed by atoms with E-state index in [0.717, 1.165) is 45.4 Å². The summed E-state index contributed by atoms with van der Waals surface area (Å²) >= 11 is 0. The molecule has 0 bridgehead atoms. The van der Waals surface area contributed by atoms with Crippen LogP contribution in [0.15, 0.2) is 30.3 Å². The first-order valence-corrected chi connectivity index (χ1v) is 8.60. The smallest absolute Gasteiger partial charge is 0.246 e. The molecule has 23 heavy (non-hydrogen) atoms. The third kappa shape index (κ3) is 4.94. The maximum absolute atomic E-state index is 11.9. The van der Waals surface area contributed by atoms with Crippen molar-refractivity contribution in [3.8, 4) is 0 Å². The molecule has 0 radical (unpaired) electrons. The Balaban J connectivity index is 1.32. The van der Waals surface area contributed by atoms with E-state index in [1.165, 1.54) is 5.69 Å². The van der Waals surface area contributed by atoms with Gasteiger partial charge in [-0.25, -0.2) is 0 Å². The molecule has 2 aliphatic rings. The monoisotopic (exact) mass is 318 g/mol. The van der Waals surface area contributed by atoms with Crippen molar-refractivity contribution >= 4 is 11.6 Å². The SMILES string of the molecule is O=C(COC[C@H]1CCCO1)NC1CCN(c2ccccc2)CC1. The quantitative estimate of drug-likeness (QED) is 0.871. The second-order valence-corrected chi connectivity index (χ2v) is 6.31. The number of benzene rings is 1. The lowest BCUT2D eigenvalue weighted by molar-refractivity contribution is -0.127. The summed E-state index contributed by atoms with van der Waals surface area (Å²) in [4.78, 5) is 14.3. The Kier molecular flexibility index (Phi) is 5.88. The largest absolute Gasteiger partial charge is 0.376 e. The highest BCUT2D eigenvalue weighted by atomic mass is 16.5. The van der Waals surface area contributed by atoms with Gasteiger partial charge in [0.2, 0.25) is 5.91 Å². The average molecular weight is 318 g/mol. The standard InChI is InChI=1S/C18H26N2O3/c21-18(14-22-13-17-7-4-12-23-17)19-15-8-10-20(11-9-15)16-5-2-1-3-6-16/h1-3,5-6,15,17H,4,7-14H2,(H,19,21)/t17-/m1/s1. The topological polar surface area (TPSA) is 50.8 Å². The van der Waals surface area contributed by atoms with Gasteiger partial charge in [-0.15, -0.1) is 0 Å². The second-order valence-electron chi connectivity index (χ2n) is 6.31. The summed E-state index contributed by atoms with van der Waals surface area (Å²) in [7, 11) is 0. The number of carbonyl (C=O) groups excluding carboxylic acids is 1. The van der Waals surface area contributed by atoms with Crippen LogP contribution in [0.1, 0.15) is 25.7 Å². The van der Waals surface area contributed by atoms with Crippen LogP contribution in [-0.4, -0.2) is 51.0 Å². The number of rotatable bonds is 6. The van der Waals surface area contributed by atoms with E-state index in [2.05, 4.69) is 34.5 Å². The summed E-state index contributed by atoms with van der Waals surface area (Å²) in [6.07, 6.45) is 4.27. The summed E-state index contributed by atoms with van der Waals surface area (Å²) in [6.45, 7) is 3.44. The lowest BCUT2D eigenvalue weighted by Crippen LogP contribution is -2.45. The van der Waals surface area contributed by atoms with E-state index in [4.69, 9.17) is 9.47 Å². The molecule has 0 aliphatic carbocycles. The third-order valence-electron chi connectivity index (χ3n) is 4.54. The molecule has 126 valence electrons. The van der Waals surface area contributed by atoms with Crippen LogP contribution >= 0.6 is 0 Å². The number of ether oxygens (including phenoxy) is 2. The van der Waals surface area contributed by atoms with E-state index in [0.29, 0.717) is 6.61 Å². The summed E-state index contributed by atoms with van der Waals surface area (Å²) in [5, 5.41) is 3.08. The number of anilines is 1. The van der Waals surface area contributed by atoms with Crippen molar-refractivity contribution in [3.05, 3.63) is 30.3 Å². The van der Waals surface area contributed by atoms with Gasteiger partial charge in [0.1, 0.15) is 6.61 Å². The normalized spacial score (nSPS) is 22.3. The minimum Gasteiger partial charge on any atom is -0.376 e. The first kappa shape index (κ1) is 16.3. The third-order valence-corrected chi connectivity index (χ3v) is 4.54. The minimum atomic E-state index is -0.0128.